The van der Waals surface area contributed by atoms with E-state index in [1.807, 2.05) is 25.3 Å². The molecule has 0 fully saturated rings. The Labute approximate surface area is 103 Å². The first-order valence-corrected chi connectivity index (χ1v) is 6.59. The zero-order valence-electron chi connectivity index (χ0n) is 8.90. The van der Waals surface area contributed by atoms with Crippen LogP contribution in [0.5, 0.6) is 0 Å². The Kier molecular flexibility index (Phi) is 5.78. The molecule has 1 heterocycles. The fraction of sp³-hybridized carbons (Fsp3) is 0.600. The minimum absolute atomic E-state index is 0.237. The van der Waals surface area contributed by atoms with Crippen LogP contribution in [0.3, 0.4) is 0 Å². The third-order valence-electron chi connectivity index (χ3n) is 1.90. The second-order valence-corrected chi connectivity index (χ2v) is 4.74. The van der Waals surface area contributed by atoms with E-state index in [9.17, 15) is 0 Å². The molecule has 0 amide bonds. The molecule has 86 valence electrons. The molecule has 1 atom stereocenters. The van der Waals surface area contributed by atoms with Crippen molar-refractivity contribution in [2.75, 3.05) is 13.2 Å². The number of ether oxygens (including phenoxy) is 2. The highest BCUT2D eigenvalue weighted by Gasteiger charge is 2.22. The summed E-state index contributed by atoms with van der Waals surface area (Å²) < 4.78 is 11.9. The van der Waals surface area contributed by atoms with Gasteiger partial charge in [0.2, 0.25) is 0 Å². The van der Waals surface area contributed by atoms with Gasteiger partial charge in [-0.1, -0.05) is 0 Å². The first-order chi connectivity index (χ1) is 7.20. The molecule has 0 saturated heterocycles. The van der Waals surface area contributed by atoms with E-state index in [-0.39, 0.29) is 12.3 Å². The molecule has 0 aliphatic rings. The van der Waals surface area contributed by atoms with Gasteiger partial charge in [-0.3, -0.25) is 0 Å². The lowest BCUT2D eigenvalue weighted by atomic mass is 10.2. The van der Waals surface area contributed by atoms with E-state index in [1.165, 1.54) is 0 Å². The smallest absolute Gasteiger partial charge is 0.177 e. The van der Waals surface area contributed by atoms with Gasteiger partial charge in [0.05, 0.1) is 6.04 Å². The predicted octanol–water partition coefficient (Wildman–Crippen LogP) is 2.91. The SMILES string of the molecule is CCOC(OCC)C(N)c1sccc1Br. The molecule has 3 nitrogen and oxygen atoms in total. The van der Waals surface area contributed by atoms with Gasteiger partial charge in [0.25, 0.3) is 0 Å². The molecule has 1 unspecified atom stereocenters. The van der Waals surface area contributed by atoms with Crippen LogP contribution in [0, 0.1) is 0 Å². The summed E-state index contributed by atoms with van der Waals surface area (Å²) in [6.45, 7) is 5.06. The summed E-state index contributed by atoms with van der Waals surface area (Å²) in [5, 5.41) is 1.99. The third-order valence-corrected chi connectivity index (χ3v) is 3.87. The van der Waals surface area contributed by atoms with E-state index < -0.39 is 0 Å². The van der Waals surface area contributed by atoms with Gasteiger partial charge < -0.3 is 15.2 Å². The second-order valence-electron chi connectivity index (χ2n) is 2.94. The topological polar surface area (TPSA) is 44.5 Å². The van der Waals surface area contributed by atoms with Gasteiger partial charge in [-0.25, -0.2) is 0 Å². The monoisotopic (exact) mass is 293 g/mol. The number of rotatable bonds is 6. The molecule has 0 bridgehead atoms. The lowest BCUT2D eigenvalue weighted by Gasteiger charge is -2.22. The van der Waals surface area contributed by atoms with Crippen molar-refractivity contribution in [2.24, 2.45) is 5.73 Å². The fourth-order valence-electron chi connectivity index (χ4n) is 1.25. The van der Waals surface area contributed by atoms with Crippen molar-refractivity contribution in [3.8, 4) is 0 Å². The van der Waals surface area contributed by atoms with E-state index in [0.717, 1.165) is 9.35 Å². The molecule has 15 heavy (non-hydrogen) atoms. The molecule has 1 rings (SSSR count). The quantitative estimate of drug-likeness (QED) is 0.820. The van der Waals surface area contributed by atoms with Crippen LogP contribution in [0.25, 0.3) is 0 Å². The van der Waals surface area contributed by atoms with Crippen LogP contribution >= 0.6 is 27.3 Å². The van der Waals surface area contributed by atoms with Crippen LogP contribution in [0.1, 0.15) is 24.8 Å². The van der Waals surface area contributed by atoms with Crippen molar-refractivity contribution < 1.29 is 9.47 Å². The molecular formula is C10H16BrNO2S. The molecule has 5 heteroatoms. The third kappa shape index (κ3) is 3.53. The zero-order valence-corrected chi connectivity index (χ0v) is 11.3. The minimum Gasteiger partial charge on any atom is -0.351 e. The molecule has 0 radical (unpaired) electrons. The van der Waals surface area contributed by atoms with Gasteiger partial charge in [0.1, 0.15) is 0 Å². The highest BCUT2D eigenvalue weighted by molar-refractivity contribution is 9.10. The van der Waals surface area contributed by atoms with Crippen molar-refractivity contribution in [3.05, 3.63) is 20.8 Å². The average molecular weight is 294 g/mol. The summed E-state index contributed by atoms with van der Waals surface area (Å²) in [4.78, 5) is 1.06. The van der Waals surface area contributed by atoms with Gasteiger partial charge in [0.15, 0.2) is 6.29 Å². The van der Waals surface area contributed by atoms with Gasteiger partial charge in [0, 0.05) is 22.6 Å². The van der Waals surface area contributed by atoms with Crippen molar-refractivity contribution in [2.45, 2.75) is 26.2 Å². The van der Waals surface area contributed by atoms with E-state index >= 15 is 0 Å². The molecule has 0 saturated carbocycles. The summed E-state index contributed by atoms with van der Waals surface area (Å²) in [6, 6.07) is 1.74. The Bertz CT molecular complexity index is 287. The predicted molar refractivity (Wildman–Crippen MR) is 66.0 cm³/mol. The number of thiophene rings is 1. The van der Waals surface area contributed by atoms with Crippen LogP contribution < -0.4 is 5.73 Å². The Morgan fingerprint density at radius 1 is 1.40 bits per heavy atom. The molecular weight excluding hydrogens is 278 g/mol. The summed E-state index contributed by atoms with van der Waals surface area (Å²) in [6.07, 6.45) is -0.366. The van der Waals surface area contributed by atoms with Crippen LogP contribution in [-0.2, 0) is 9.47 Å². The molecule has 0 aromatic carbocycles. The Balaban J connectivity index is 2.71. The lowest BCUT2D eigenvalue weighted by molar-refractivity contribution is -0.148. The molecule has 1 aromatic rings. The van der Waals surface area contributed by atoms with E-state index in [2.05, 4.69) is 15.9 Å². The molecule has 1 aromatic heterocycles. The fourth-order valence-corrected chi connectivity index (χ4v) is 2.90. The first-order valence-electron chi connectivity index (χ1n) is 4.92. The van der Waals surface area contributed by atoms with Crippen LogP contribution in [0.4, 0.5) is 0 Å². The van der Waals surface area contributed by atoms with E-state index in [4.69, 9.17) is 15.2 Å². The standard InChI is InChI=1S/C10H16BrNO2S/c1-3-13-10(14-4-2)8(12)9-7(11)5-6-15-9/h5-6,8,10H,3-4,12H2,1-2H3. The summed E-state index contributed by atoms with van der Waals surface area (Å²) in [5.74, 6) is 0. The Morgan fingerprint density at radius 3 is 2.40 bits per heavy atom. The number of hydrogen-bond donors (Lipinski definition) is 1. The van der Waals surface area contributed by atoms with Crippen LogP contribution in [0.15, 0.2) is 15.9 Å². The van der Waals surface area contributed by atoms with E-state index in [1.54, 1.807) is 11.3 Å². The maximum atomic E-state index is 6.09. The highest BCUT2D eigenvalue weighted by Crippen LogP contribution is 2.30. The summed E-state index contributed by atoms with van der Waals surface area (Å²) >= 11 is 5.06. The van der Waals surface area contributed by atoms with Crippen molar-refractivity contribution in [3.63, 3.8) is 0 Å². The van der Waals surface area contributed by atoms with Crippen LogP contribution in [-0.4, -0.2) is 19.5 Å². The summed E-state index contributed by atoms with van der Waals surface area (Å²) in [7, 11) is 0. The maximum Gasteiger partial charge on any atom is 0.177 e. The van der Waals surface area contributed by atoms with Gasteiger partial charge in [-0.15, -0.1) is 11.3 Å². The van der Waals surface area contributed by atoms with Crippen molar-refractivity contribution in [1.82, 2.24) is 0 Å². The zero-order chi connectivity index (χ0) is 11.3. The largest absolute Gasteiger partial charge is 0.351 e. The number of hydrogen-bond acceptors (Lipinski definition) is 4. The first kappa shape index (κ1) is 13.1. The van der Waals surface area contributed by atoms with Crippen molar-refractivity contribution >= 4 is 27.3 Å². The number of nitrogens with two attached hydrogens (primary N) is 1. The lowest BCUT2D eigenvalue weighted by Crippen LogP contribution is -2.31. The van der Waals surface area contributed by atoms with Gasteiger partial charge in [-0.05, 0) is 41.2 Å². The molecule has 2 N–H and O–H groups in total. The molecule has 0 aliphatic carbocycles. The normalized spacial score (nSPS) is 13.4. The average Bonchev–Trinajstić information content (AvgIpc) is 2.63. The molecule has 0 aliphatic heterocycles. The van der Waals surface area contributed by atoms with E-state index in [0.29, 0.717) is 13.2 Å². The highest BCUT2D eigenvalue weighted by atomic mass is 79.9. The molecule has 0 spiro atoms. The second kappa shape index (κ2) is 6.60. The Hall–Kier alpha value is 0.0600. The summed E-state index contributed by atoms with van der Waals surface area (Å²) in [5.41, 5.74) is 6.09. The van der Waals surface area contributed by atoms with Gasteiger partial charge >= 0.3 is 0 Å². The minimum atomic E-state index is -0.366. The van der Waals surface area contributed by atoms with Gasteiger partial charge in [-0.2, -0.15) is 0 Å². The maximum absolute atomic E-state index is 6.09. The van der Waals surface area contributed by atoms with Crippen molar-refractivity contribution in [1.29, 1.82) is 0 Å². The van der Waals surface area contributed by atoms with Crippen LogP contribution in [0.2, 0.25) is 0 Å². The number of halogens is 1. The Morgan fingerprint density at radius 2 is 2.00 bits per heavy atom.